The lowest BCUT2D eigenvalue weighted by Crippen LogP contribution is -2.40. The summed E-state index contributed by atoms with van der Waals surface area (Å²) < 4.78 is 43.1. The lowest BCUT2D eigenvalue weighted by Gasteiger charge is -2.40. The Morgan fingerprint density at radius 2 is 0.887 bits per heavy atom. The van der Waals surface area contributed by atoms with E-state index in [9.17, 15) is 0 Å². The number of aromatic nitrogens is 6. The minimum absolute atomic E-state index is 0.446. The molecule has 6 heterocycles. The molecular formula is C40H34N6O7. The van der Waals surface area contributed by atoms with Gasteiger partial charge < -0.3 is 33.2 Å². The molecule has 0 saturated carbocycles. The molecule has 0 amide bonds. The van der Waals surface area contributed by atoms with Gasteiger partial charge in [-0.05, 0) is 59.2 Å². The number of hydrogen-bond donors (Lipinski definition) is 0. The molecule has 3 aliphatic rings. The quantitative estimate of drug-likeness (QED) is 0.168. The fourth-order valence-electron chi connectivity index (χ4n) is 8.44. The van der Waals surface area contributed by atoms with Gasteiger partial charge in [0.15, 0.2) is 17.0 Å². The number of hydrogen-bond acceptors (Lipinski definition) is 13. The Kier molecular flexibility index (Phi) is 7.37. The van der Waals surface area contributed by atoms with Crippen LogP contribution >= 0.6 is 0 Å². The second kappa shape index (κ2) is 11.8. The van der Waals surface area contributed by atoms with Gasteiger partial charge in [-0.3, -0.25) is 29.9 Å². The maximum atomic E-state index is 6.62. The minimum Gasteiger partial charge on any atom is -0.497 e. The SMILES string of the molecule is COC1=Cc2ccnc3c(C4(OC)C(OC)=Cc5ccnc6c(C7(OC)C(OC)=Cc8ccnc9ccnc7c89)cnc4c56)cnc(c23)C1(OC)OC. The van der Waals surface area contributed by atoms with Crippen LogP contribution in [0.5, 0.6) is 0 Å². The Morgan fingerprint density at radius 1 is 0.434 bits per heavy atom. The molecule has 53 heavy (non-hydrogen) atoms. The normalized spacial score (nSPS) is 20.9. The number of nitrogens with zero attached hydrogens (tertiary/aromatic N) is 6. The third-order valence-electron chi connectivity index (χ3n) is 10.7. The van der Waals surface area contributed by atoms with E-state index in [-0.39, 0.29) is 0 Å². The summed E-state index contributed by atoms with van der Waals surface area (Å²) in [6.07, 6.45) is 16.2. The first-order valence-electron chi connectivity index (χ1n) is 16.7. The van der Waals surface area contributed by atoms with Crippen molar-refractivity contribution in [1.82, 2.24) is 29.9 Å². The molecule has 0 saturated heterocycles. The van der Waals surface area contributed by atoms with Crippen molar-refractivity contribution in [3.8, 4) is 0 Å². The van der Waals surface area contributed by atoms with E-state index in [0.29, 0.717) is 67.3 Å². The lowest BCUT2D eigenvalue weighted by molar-refractivity contribution is -0.210. The van der Waals surface area contributed by atoms with Crippen LogP contribution in [-0.2, 0) is 50.1 Å². The molecule has 6 aromatic rings. The van der Waals surface area contributed by atoms with Gasteiger partial charge >= 0.3 is 0 Å². The van der Waals surface area contributed by atoms with Crippen molar-refractivity contribution in [3.05, 3.63) is 124 Å². The third-order valence-corrected chi connectivity index (χ3v) is 10.7. The average Bonchev–Trinajstić information content (AvgIpc) is 3.21. The van der Waals surface area contributed by atoms with Gasteiger partial charge in [0.25, 0.3) is 5.79 Å². The number of methoxy groups -OCH3 is 7. The second-order valence-corrected chi connectivity index (χ2v) is 12.7. The molecule has 0 aromatic carbocycles. The van der Waals surface area contributed by atoms with Gasteiger partial charge in [0.1, 0.15) is 17.2 Å². The third kappa shape index (κ3) is 3.99. The summed E-state index contributed by atoms with van der Waals surface area (Å²) >= 11 is 0. The highest BCUT2D eigenvalue weighted by molar-refractivity contribution is 6.01. The molecule has 266 valence electrons. The molecule has 9 rings (SSSR count). The van der Waals surface area contributed by atoms with Crippen LogP contribution in [0.2, 0.25) is 0 Å². The molecule has 0 bridgehead atoms. The van der Waals surface area contributed by atoms with Gasteiger partial charge in [-0.1, -0.05) is 0 Å². The molecule has 2 atom stereocenters. The molecule has 2 unspecified atom stereocenters. The monoisotopic (exact) mass is 710 g/mol. The van der Waals surface area contributed by atoms with Crippen LogP contribution in [0.15, 0.2) is 78.7 Å². The molecule has 3 aliphatic carbocycles. The van der Waals surface area contributed by atoms with E-state index < -0.39 is 17.0 Å². The minimum atomic E-state index is -1.44. The van der Waals surface area contributed by atoms with Crippen LogP contribution in [-0.4, -0.2) is 79.7 Å². The standard InChI is InChI=1S/C40H34N6O7/c1-47-27-16-21-8-12-41-26-11-15-44-35(30(21)26)38(27,50-4)24-19-45-36-31-22(9-13-42-33(24)31)17-28(48-2)39(36,51-5)25-20-46-37-32-23(10-14-43-34(25)32)18-29(49-3)40(37,52-6)53-7/h8-20H,1-7H3. The van der Waals surface area contributed by atoms with Crippen LogP contribution in [0.4, 0.5) is 0 Å². The highest BCUT2D eigenvalue weighted by Crippen LogP contribution is 2.54. The predicted molar refractivity (Wildman–Crippen MR) is 195 cm³/mol. The van der Waals surface area contributed by atoms with Crippen molar-refractivity contribution in [2.24, 2.45) is 0 Å². The molecule has 13 nitrogen and oxygen atoms in total. The summed E-state index contributed by atoms with van der Waals surface area (Å²) in [7, 11) is 11.1. The van der Waals surface area contributed by atoms with E-state index in [4.69, 9.17) is 58.1 Å². The first kappa shape index (κ1) is 33.0. The van der Waals surface area contributed by atoms with Crippen LogP contribution in [0, 0.1) is 0 Å². The topological polar surface area (TPSA) is 142 Å². The Labute approximate surface area is 303 Å². The molecule has 0 fully saturated rings. The van der Waals surface area contributed by atoms with Gasteiger partial charge in [0, 0.05) is 92.9 Å². The van der Waals surface area contributed by atoms with Crippen molar-refractivity contribution >= 4 is 50.9 Å². The van der Waals surface area contributed by atoms with Crippen molar-refractivity contribution in [3.63, 3.8) is 0 Å². The van der Waals surface area contributed by atoms with E-state index >= 15 is 0 Å². The first-order valence-corrected chi connectivity index (χ1v) is 16.7. The van der Waals surface area contributed by atoms with Gasteiger partial charge in [-0.15, -0.1) is 0 Å². The molecule has 0 spiro atoms. The van der Waals surface area contributed by atoms with Gasteiger partial charge in [-0.2, -0.15) is 0 Å². The largest absolute Gasteiger partial charge is 0.497 e. The Morgan fingerprint density at radius 3 is 1.42 bits per heavy atom. The molecular weight excluding hydrogens is 676 g/mol. The van der Waals surface area contributed by atoms with Crippen LogP contribution in [0.1, 0.15) is 44.9 Å². The summed E-state index contributed by atoms with van der Waals surface area (Å²) in [5, 5.41) is 2.27. The van der Waals surface area contributed by atoms with Crippen LogP contribution < -0.4 is 0 Å². The van der Waals surface area contributed by atoms with Crippen molar-refractivity contribution in [2.45, 2.75) is 17.0 Å². The summed E-state index contributed by atoms with van der Waals surface area (Å²) in [6, 6.07) is 7.62. The summed E-state index contributed by atoms with van der Waals surface area (Å²) in [4.78, 5) is 29.7. The average molecular weight is 711 g/mol. The van der Waals surface area contributed by atoms with Gasteiger partial charge in [0.2, 0.25) is 0 Å². The molecule has 0 radical (unpaired) electrons. The molecule has 0 N–H and O–H groups in total. The zero-order valence-corrected chi connectivity index (χ0v) is 30.0. The Hall–Kier alpha value is -5.86. The fourth-order valence-corrected chi connectivity index (χ4v) is 8.44. The number of ether oxygens (including phenoxy) is 7. The highest BCUT2D eigenvalue weighted by atomic mass is 16.7. The second-order valence-electron chi connectivity index (χ2n) is 12.7. The Balaban J connectivity index is 1.36. The molecule has 13 heteroatoms. The zero-order chi connectivity index (χ0) is 36.7. The number of pyridine rings is 6. The van der Waals surface area contributed by atoms with Crippen LogP contribution in [0.25, 0.3) is 50.9 Å². The van der Waals surface area contributed by atoms with E-state index in [0.717, 1.165) is 27.6 Å². The van der Waals surface area contributed by atoms with Crippen molar-refractivity contribution in [2.75, 3.05) is 49.8 Å². The van der Waals surface area contributed by atoms with Gasteiger partial charge in [-0.25, -0.2) is 0 Å². The lowest BCUT2D eigenvalue weighted by atomic mass is 9.76. The van der Waals surface area contributed by atoms with E-state index in [1.54, 1.807) is 86.9 Å². The van der Waals surface area contributed by atoms with Crippen LogP contribution in [0.3, 0.4) is 0 Å². The van der Waals surface area contributed by atoms with Crippen molar-refractivity contribution < 1.29 is 33.2 Å². The van der Waals surface area contributed by atoms with E-state index in [1.165, 1.54) is 0 Å². The highest BCUT2D eigenvalue weighted by Gasteiger charge is 2.53. The maximum Gasteiger partial charge on any atom is 0.272 e. The first-order chi connectivity index (χ1) is 25.9. The molecule has 0 aliphatic heterocycles. The van der Waals surface area contributed by atoms with E-state index in [2.05, 4.69) is 4.98 Å². The predicted octanol–water partition coefficient (Wildman–Crippen LogP) is 5.74. The number of rotatable bonds is 9. The maximum absolute atomic E-state index is 6.62. The van der Waals surface area contributed by atoms with E-state index in [1.807, 2.05) is 42.5 Å². The van der Waals surface area contributed by atoms with Gasteiger partial charge in [0.05, 0.1) is 49.3 Å². The summed E-state index contributed by atoms with van der Waals surface area (Å²) in [5.41, 5.74) is 4.57. The van der Waals surface area contributed by atoms with Crippen molar-refractivity contribution in [1.29, 1.82) is 0 Å². The fraction of sp³-hybridized carbons (Fsp3) is 0.250. The summed E-state index contributed by atoms with van der Waals surface area (Å²) in [6.45, 7) is 0. The zero-order valence-electron chi connectivity index (χ0n) is 30.0. The summed E-state index contributed by atoms with van der Waals surface area (Å²) in [5.74, 6) is 0.0249. The molecule has 6 aromatic heterocycles. The Bertz CT molecular complexity index is 2610. The smallest absolute Gasteiger partial charge is 0.272 e.